The van der Waals surface area contributed by atoms with E-state index in [1.165, 1.54) is 13.8 Å². The van der Waals surface area contributed by atoms with Crippen molar-refractivity contribution in [1.29, 1.82) is 0 Å². The summed E-state index contributed by atoms with van der Waals surface area (Å²) in [7, 11) is 0. The Labute approximate surface area is 170 Å². The highest BCUT2D eigenvalue weighted by molar-refractivity contribution is 6.01. The van der Waals surface area contributed by atoms with Crippen molar-refractivity contribution in [2.75, 3.05) is 13.1 Å². The van der Waals surface area contributed by atoms with Gasteiger partial charge in [-0.1, -0.05) is 30.7 Å². The summed E-state index contributed by atoms with van der Waals surface area (Å²) in [5.41, 5.74) is -0.292. The zero-order valence-corrected chi connectivity index (χ0v) is 16.9. The number of hydrogen-bond donors (Lipinski definition) is 4. The van der Waals surface area contributed by atoms with Gasteiger partial charge in [0.05, 0.1) is 0 Å². The normalized spacial score (nSPS) is 19.3. The van der Waals surface area contributed by atoms with Gasteiger partial charge in [-0.25, -0.2) is 9.59 Å². The number of Topliss-reactive ketones (excluding diaryl/α,β-unsaturated/α-hetero) is 1. The summed E-state index contributed by atoms with van der Waals surface area (Å²) < 4.78 is 5.22. The molecule has 1 saturated carbocycles. The molecule has 0 aromatic heterocycles. The molecule has 1 aliphatic carbocycles. The fraction of sp³-hybridized carbons (Fsp3) is 0.571. The Bertz CT molecular complexity index is 711. The van der Waals surface area contributed by atoms with Gasteiger partial charge in [-0.15, -0.1) is 0 Å². The van der Waals surface area contributed by atoms with Crippen molar-refractivity contribution >= 4 is 18.0 Å². The van der Waals surface area contributed by atoms with Gasteiger partial charge < -0.3 is 25.6 Å². The van der Waals surface area contributed by atoms with E-state index in [1.54, 1.807) is 24.3 Å². The summed E-state index contributed by atoms with van der Waals surface area (Å²) in [6.07, 6.45) is 2.37. The molecule has 2 unspecified atom stereocenters. The minimum absolute atomic E-state index is 0.0820. The number of carboxylic acid groups (broad SMARTS) is 1. The number of ketones is 1. The Hall–Kier alpha value is -2.61. The third-order valence-corrected chi connectivity index (χ3v) is 5.11. The van der Waals surface area contributed by atoms with E-state index in [0.717, 1.165) is 31.2 Å². The molecule has 0 radical (unpaired) electrons. The van der Waals surface area contributed by atoms with Gasteiger partial charge in [-0.2, -0.15) is 0 Å². The number of aliphatic hydroxyl groups is 1. The summed E-state index contributed by atoms with van der Waals surface area (Å²) in [5, 5.41) is 23.7. The standard InChI is InChI=1S/C21H30N2O6/c1-21(2,28)18(24)17-8-6-14(7-9-17)13-29-20(27)23-12-16-5-3-4-15(10-16)11-22-19(25)26/h6-9,15-16,22,28H,3-5,10-13H2,1-2H3,(H,23,27)(H,25,26). The van der Waals surface area contributed by atoms with Crippen LogP contribution in [0.4, 0.5) is 9.59 Å². The fourth-order valence-electron chi connectivity index (χ4n) is 3.54. The number of carbonyl (C=O) groups excluding carboxylic acids is 2. The second-order valence-corrected chi connectivity index (χ2v) is 8.13. The van der Waals surface area contributed by atoms with E-state index in [2.05, 4.69) is 10.6 Å². The first-order valence-electron chi connectivity index (χ1n) is 9.88. The first-order chi connectivity index (χ1) is 13.6. The summed E-state index contributed by atoms with van der Waals surface area (Å²) in [5.74, 6) is 0.240. The molecule has 29 heavy (non-hydrogen) atoms. The van der Waals surface area contributed by atoms with Gasteiger partial charge >= 0.3 is 12.2 Å². The van der Waals surface area contributed by atoms with E-state index in [9.17, 15) is 19.5 Å². The van der Waals surface area contributed by atoms with Gasteiger partial charge in [-0.3, -0.25) is 4.79 Å². The first-order valence-corrected chi connectivity index (χ1v) is 9.88. The highest BCUT2D eigenvalue weighted by atomic mass is 16.5. The van der Waals surface area contributed by atoms with E-state index >= 15 is 0 Å². The molecule has 1 aliphatic rings. The topological polar surface area (TPSA) is 125 Å². The van der Waals surface area contributed by atoms with Crippen LogP contribution in [0.5, 0.6) is 0 Å². The predicted molar refractivity (Wildman–Crippen MR) is 107 cm³/mol. The first kappa shape index (κ1) is 22.7. The van der Waals surface area contributed by atoms with E-state index < -0.39 is 17.8 Å². The van der Waals surface area contributed by atoms with Crippen LogP contribution in [0.2, 0.25) is 0 Å². The summed E-state index contributed by atoms with van der Waals surface area (Å²) in [6.45, 7) is 3.91. The molecule has 0 aliphatic heterocycles. The zero-order chi connectivity index (χ0) is 21.4. The summed E-state index contributed by atoms with van der Waals surface area (Å²) in [4.78, 5) is 34.6. The number of amides is 2. The van der Waals surface area contributed by atoms with E-state index in [-0.39, 0.29) is 12.4 Å². The SMILES string of the molecule is CC(C)(O)C(=O)c1ccc(COC(=O)NCC2CCCC(CNC(=O)O)C2)cc1. The third-order valence-electron chi connectivity index (χ3n) is 5.11. The monoisotopic (exact) mass is 406 g/mol. The van der Waals surface area contributed by atoms with E-state index in [4.69, 9.17) is 9.84 Å². The lowest BCUT2D eigenvalue weighted by atomic mass is 9.81. The van der Waals surface area contributed by atoms with Crippen molar-refractivity contribution in [3.8, 4) is 0 Å². The molecule has 1 aromatic carbocycles. The third kappa shape index (κ3) is 7.73. The zero-order valence-electron chi connectivity index (χ0n) is 16.9. The Morgan fingerprint density at radius 1 is 1.07 bits per heavy atom. The van der Waals surface area contributed by atoms with E-state index in [0.29, 0.717) is 30.5 Å². The van der Waals surface area contributed by atoms with Gasteiger partial charge in [0.2, 0.25) is 0 Å². The minimum Gasteiger partial charge on any atom is -0.465 e. The molecule has 2 atom stereocenters. The average Bonchev–Trinajstić information content (AvgIpc) is 2.68. The molecule has 2 rings (SSSR count). The number of carbonyl (C=O) groups is 3. The van der Waals surface area contributed by atoms with Crippen LogP contribution in [-0.4, -0.2) is 46.9 Å². The van der Waals surface area contributed by atoms with Crippen LogP contribution >= 0.6 is 0 Å². The van der Waals surface area contributed by atoms with Crippen LogP contribution in [0, 0.1) is 11.8 Å². The fourth-order valence-corrected chi connectivity index (χ4v) is 3.54. The predicted octanol–water partition coefficient (Wildman–Crippen LogP) is 2.94. The lowest BCUT2D eigenvalue weighted by Crippen LogP contribution is -2.35. The number of alkyl carbamates (subject to hydrolysis) is 1. The van der Waals surface area contributed by atoms with Crippen LogP contribution in [-0.2, 0) is 11.3 Å². The lowest BCUT2D eigenvalue weighted by Gasteiger charge is -2.29. The second-order valence-electron chi connectivity index (χ2n) is 8.13. The van der Waals surface area contributed by atoms with Crippen LogP contribution in [0.1, 0.15) is 55.5 Å². The molecule has 8 heteroatoms. The van der Waals surface area contributed by atoms with Crippen molar-refractivity contribution in [1.82, 2.24) is 10.6 Å². The van der Waals surface area contributed by atoms with Gasteiger partial charge in [0, 0.05) is 18.7 Å². The number of hydrogen-bond acceptors (Lipinski definition) is 5. The van der Waals surface area contributed by atoms with Crippen molar-refractivity contribution in [3.63, 3.8) is 0 Å². The maximum absolute atomic E-state index is 12.0. The Balaban J connectivity index is 1.72. The molecule has 160 valence electrons. The van der Waals surface area contributed by atoms with Gasteiger partial charge in [0.25, 0.3) is 0 Å². The van der Waals surface area contributed by atoms with Gasteiger partial charge in [-0.05, 0) is 50.5 Å². The molecule has 0 saturated heterocycles. The molecule has 8 nitrogen and oxygen atoms in total. The molecule has 0 spiro atoms. The van der Waals surface area contributed by atoms with Crippen molar-refractivity contribution in [2.24, 2.45) is 11.8 Å². The summed E-state index contributed by atoms with van der Waals surface area (Å²) >= 11 is 0. The Kier molecular flexibility index (Phi) is 8.01. The van der Waals surface area contributed by atoms with Crippen LogP contribution in [0.3, 0.4) is 0 Å². The Morgan fingerprint density at radius 3 is 2.21 bits per heavy atom. The number of ether oxygens (including phenoxy) is 1. The molecule has 1 fully saturated rings. The highest BCUT2D eigenvalue weighted by Crippen LogP contribution is 2.28. The molecule has 4 N–H and O–H groups in total. The quantitative estimate of drug-likeness (QED) is 0.492. The maximum Gasteiger partial charge on any atom is 0.407 e. The average molecular weight is 406 g/mol. The van der Waals surface area contributed by atoms with E-state index in [1.807, 2.05) is 0 Å². The van der Waals surface area contributed by atoms with Crippen molar-refractivity contribution in [3.05, 3.63) is 35.4 Å². The number of benzene rings is 1. The minimum atomic E-state index is -1.43. The smallest absolute Gasteiger partial charge is 0.407 e. The highest BCUT2D eigenvalue weighted by Gasteiger charge is 2.25. The maximum atomic E-state index is 12.0. The van der Waals surface area contributed by atoms with Gasteiger partial charge in [0.15, 0.2) is 5.78 Å². The molecule has 0 bridgehead atoms. The summed E-state index contributed by atoms with van der Waals surface area (Å²) in [6, 6.07) is 6.58. The van der Waals surface area contributed by atoms with Crippen LogP contribution < -0.4 is 10.6 Å². The van der Waals surface area contributed by atoms with Gasteiger partial charge in [0.1, 0.15) is 12.2 Å². The molecular formula is C21H30N2O6. The van der Waals surface area contributed by atoms with Crippen molar-refractivity contribution < 1.29 is 29.3 Å². The van der Waals surface area contributed by atoms with Crippen LogP contribution in [0.25, 0.3) is 0 Å². The molecular weight excluding hydrogens is 376 g/mol. The number of nitrogens with one attached hydrogen (secondary N) is 2. The molecule has 0 heterocycles. The second kappa shape index (κ2) is 10.2. The molecule has 2 amide bonds. The Morgan fingerprint density at radius 2 is 1.66 bits per heavy atom. The van der Waals surface area contributed by atoms with Crippen molar-refractivity contribution in [2.45, 2.75) is 51.7 Å². The molecule has 1 aromatic rings. The lowest BCUT2D eigenvalue weighted by molar-refractivity contribution is 0.0488. The van der Waals surface area contributed by atoms with Crippen LogP contribution in [0.15, 0.2) is 24.3 Å². The number of rotatable bonds is 8. The largest absolute Gasteiger partial charge is 0.465 e.